The number of fused-ring (bicyclic) bond motifs is 2. The highest BCUT2D eigenvalue weighted by Gasteiger charge is 2.23. The average molecular weight is 560 g/mol. The summed E-state index contributed by atoms with van der Waals surface area (Å²) >= 11 is 3.44. The molecule has 2 aromatic heterocycles. The van der Waals surface area contributed by atoms with Gasteiger partial charge in [0.15, 0.2) is 0 Å². The number of hydrogen-bond acceptors (Lipinski definition) is 5. The van der Waals surface area contributed by atoms with Crippen LogP contribution in [-0.2, 0) is 22.4 Å². The number of halogens is 1. The third-order valence-corrected chi connectivity index (χ3v) is 6.92. The van der Waals surface area contributed by atoms with E-state index in [0.717, 1.165) is 26.5 Å². The lowest BCUT2D eigenvalue weighted by molar-refractivity contribution is -0.141. The molecule has 0 aliphatic heterocycles. The fraction of sp³-hybridized carbons (Fsp3) is 0.138. The Morgan fingerprint density at radius 1 is 1.00 bits per heavy atom. The topological polar surface area (TPSA) is 110 Å². The fourth-order valence-corrected chi connectivity index (χ4v) is 4.69. The number of aryl methyl sites for hydroxylation is 1. The van der Waals surface area contributed by atoms with Crippen LogP contribution in [0.2, 0.25) is 0 Å². The molecule has 2 heterocycles. The Morgan fingerprint density at radius 3 is 2.43 bits per heavy atom. The van der Waals surface area contributed by atoms with E-state index in [1.54, 1.807) is 43.5 Å². The number of carbonyl (C=O) groups excluding carboxylic acids is 1. The molecule has 0 fully saturated rings. The van der Waals surface area contributed by atoms with Crippen molar-refractivity contribution >= 4 is 49.7 Å². The van der Waals surface area contributed by atoms with E-state index in [0.29, 0.717) is 22.1 Å². The van der Waals surface area contributed by atoms with Crippen molar-refractivity contribution < 1.29 is 23.5 Å². The minimum Gasteiger partial charge on any atom is -0.480 e. The van der Waals surface area contributed by atoms with Crippen LogP contribution >= 0.6 is 15.9 Å². The first-order chi connectivity index (χ1) is 17.8. The highest BCUT2D eigenvalue weighted by molar-refractivity contribution is 9.10. The molecule has 0 radical (unpaired) electrons. The van der Waals surface area contributed by atoms with Crippen LogP contribution < -0.4 is 10.9 Å². The molecule has 186 valence electrons. The van der Waals surface area contributed by atoms with Crippen LogP contribution in [0.5, 0.6) is 0 Å². The monoisotopic (exact) mass is 559 g/mol. The molecule has 0 unspecified atom stereocenters. The molecular weight excluding hydrogens is 538 g/mol. The summed E-state index contributed by atoms with van der Waals surface area (Å²) in [7, 11) is 0. The summed E-state index contributed by atoms with van der Waals surface area (Å²) in [5.74, 6) is -1.72. The van der Waals surface area contributed by atoms with Crippen molar-refractivity contribution in [2.75, 3.05) is 0 Å². The maximum Gasteiger partial charge on any atom is 0.340 e. The third-order valence-electron chi connectivity index (χ3n) is 6.39. The van der Waals surface area contributed by atoms with Gasteiger partial charge in [-0.25, -0.2) is 9.59 Å². The molecule has 8 heteroatoms. The Labute approximate surface area is 219 Å². The van der Waals surface area contributed by atoms with Crippen LogP contribution in [0.1, 0.15) is 16.7 Å². The van der Waals surface area contributed by atoms with E-state index in [9.17, 15) is 19.5 Å². The van der Waals surface area contributed by atoms with Gasteiger partial charge in [0.05, 0.1) is 18.2 Å². The number of aliphatic carboxylic acids is 1. The largest absolute Gasteiger partial charge is 0.480 e. The molecule has 3 aromatic carbocycles. The van der Waals surface area contributed by atoms with Gasteiger partial charge in [-0.15, -0.1) is 0 Å². The van der Waals surface area contributed by atoms with E-state index in [-0.39, 0.29) is 18.4 Å². The van der Waals surface area contributed by atoms with E-state index in [1.807, 2.05) is 36.4 Å². The molecule has 5 rings (SSSR count). The van der Waals surface area contributed by atoms with Crippen molar-refractivity contribution in [3.05, 3.63) is 105 Å². The number of furan rings is 1. The molecule has 1 atom stereocenters. The second-order valence-corrected chi connectivity index (χ2v) is 9.73. The molecule has 1 amide bonds. The number of nitrogens with one attached hydrogen (secondary N) is 1. The number of benzene rings is 3. The smallest absolute Gasteiger partial charge is 0.340 e. The molecule has 0 aliphatic carbocycles. The van der Waals surface area contributed by atoms with Crippen molar-refractivity contribution in [3.63, 3.8) is 0 Å². The predicted molar refractivity (Wildman–Crippen MR) is 144 cm³/mol. The zero-order valence-corrected chi connectivity index (χ0v) is 21.4. The maximum atomic E-state index is 12.8. The second kappa shape index (κ2) is 10.1. The van der Waals surface area contributed by atoms with Crippen molar-refractivity contribution in [1.82, 2.24) is 5.32 Å². The summed E-state index contributed by atoms with van der Waals surface area (Å²) in [4.78, 5) is 37.4. The van der Waals surface area contributed by atoms with Crippen LogP contribution in [0.15, 0.2) is 91.1 Å². The number of amides is 1. The first-order valence-electron chi connectivity index (χ1n) is 11.6. The van der Waals surface area contributed by atoms with Gasteiger partial charge in [-0.1, -0.05) is 58.4 Å². The molecule has 7 nitrogen and oxygen atoms in total. The summed E-state index contributed by atoms with van der Waals surface area (Å²) in [6, 6.07) is 19.3. The quantitative estimate of drug-likeness (QED) is 0.250. The lowest BCUT2D eigenvalue weighted by atomic mass is 9.99. The van der Waals surface area contributed by atoms with Crippen molar-refractivity contribution in [2.24, 2.45) is 0 Å². The van der Waals surface area contributed by atoms with Gasteiger partial charge in [0.25, 0.3) is 0 Å². The number of rotatable bonds is 7. The van der Waals surface area contributed by atoms with Gasteiger partial charge in [0, 0.05) is 33.3 Å². The van der Waals surface area contributed by atoms with Crippen molar-refractivity contribution in [1.29, 1.82) is 0 Å². The Kier molecular flexibility index (Phi) is 6.67. The summed E-state index contributed by atoms with van der Waals surface area (Å²) in [6.07, 6.45) is 1.49. The van der Waals surface area contributed by atoms with Crippen molar-refractivity contribution in [2.45, 2.75) is 25.8 Å². The molecule has 5 aromatic rings. The minimum atomic E-state index is -1.15. The molecule has 37 heavy (non-hydrogen) atoms. The van der Waals surface area contributed by atoms with E-state index < -0.39 is 23.5 Å². The Balaban J connectivity index is 1.46. The van der Waals surface area contributed by atoms with E-state index in [1.165, 1.54) is 0 Å². The highest BCUT2D eigenvalue weighted by Crippen LogP contribution is 2.35. The lowest BCUT2D eigenvalue weighted by Crippen LogP contribution is -2.43. The molecule has 0 saturated heterocycles. The number of hydrogen-bond donors (Lipinski definition) is 2. The Hall–Kier alpha value is -4.17. The second-order valence-electron chi connectivity index (χ2n) is 8.82. The Morgan fingerprint density at radius 2 is 1.73 bits per heavy atom. The summed E-state index contributed by atoms with van der Waals surface area (Å²) in [5.41, 5.74) is 3.69. The molecular formula is C29H22BrNO6. The zero-order valence-electron chi connectivity index (χ0n) is 19.8. The standard InChI is InChI=1S/C29H22BrNO6/c1-16-20-12-22-23(18-7-9-19(30)10-8-18)15-36-25(22)14-26(20)37-29(35)21(16)13-27(32)31-24(28(33)34)11-17-5-3-2-4-6-17/h2-10,12,14-15,24H,11,13H2,1H3,(H,31,32)(H,33,34)/t24-/m0/s1. The molecule has 0 bridgehead atoms. The summed E-state index contributed by atoms with van der Waals surface area (Å²) in [5, 5.41) is 13.7. The van der Waals surface area contributed by atoms with Gasteiger partial charge < -0.3 is 19.3 Å². The number of carboxylic acid groups (broad SMARTS) is 1. The Bertz CT molecular complexity index is 1690. The first-order valence-corrected chi connectivity index (χ1v) is 12.4. The van der Waals surface area contributed by atoms with Gasteiger partial charge in [-0.2, -0.15) is 0 Å². The van der Waals surface area contributed by atoms with Crippen LogP contribution in [0, 0.1) is 6.92 Å². The normalized spacial score (nSPS) is 12.1. The van der Waals surface area contributed by atoms with Crippen LogP contribution in [0.25, 0.3) is 33.1 Å². The molecule has 0 saturated carbocycles. The molecule has 2 N–H and O–H groups in total. The highest BCUT2D eigenvalue weighted by atomic mass is 79.9. The molecule has 0 aliphatic rings. The zero-order chi connectivity index (χ0) is 26.1. The summed E-state index contributed by atoms with van der Waals surface area (Å²) in [6.45, 7) is 1.76. The van der Waals surface area contributed by atoms with Crippen molar-refractivity contribution in [3.8, 4) is 11.1 Å². The van der Waals surface area contributed by atoms with Gasteiger partial charge in [-0.05, 0) is 41.8 Å². The van der Waals surface area contributed by atoms with Gasteiger partial charge in [0.1, 0.15) is 17.2 Å². The van der Waals surface area contributed by atoms with Crippen LogP contribution in [-0.4, -0.2) is 23.0 Å². The fourth-order valence-electron chi connectivity index (χ4n) is 4.42. The van der Waals surface area contributed by atoms with Crippen LogP contribution in [0.4, 0.5) is 0 Å². The SMILES string of the molecule is Cc1c(CC(=O)N[C@@H](Cc2ccccc2)C(=O)O)c(=O)oc2cc3occ(-c4ccc(Br)cc4)c3cc12. The lowest BCUT2D eigenvalue weighted by Gasteiger charge is -2.15. The minimum absolute atomic E-state index is 0.129. The summed E-state index contributed by atoms with van der Waals surface area (Å²) < 4.78 is 12.2. The maximum absolute atomic E-state index is 12.8. The van der Waals surface area contributed by atoms with E-state index in [2.05, 4.69) is 21.2 Å². The van der Waals surface area contributed by atoms with E-state index >= 15 is 0 Å². The average Bonchev–Trinajstić information content (AvgIpc) is 3.29. The van der Waals surface area contributed by atoms with Gasteiger partial charge >= 0.3 is 11.6 Å². The first kappa shape index (κ1) is 24.5. The van der Waals surface area contributed by atoms with Gasteiger partial charge in [-0.3, -0.25) is 4.79 Å². The van der Waals surface area contributed by atoms with E-state index in [4.69, 9.17) is 8.83 Å². The number of carbonyl (C=O) groups is 2. The molecule has 0 spiro atoms. The van der Waals surface area contributed by atoms with Crippen LogP contribution in [0.3, 0.4) is 0 Å². The third kappa shape index (κ3) is 5.06. The predicted octanol–water partition coefficient (Wildman–Crippen LogP) is 5.63. The number of carboxylic acids is 1. The van der Waals surface area contributed by atoms with Gasteiger partial charge in [0.2, 0.25) is 5.91 Å².